The summed E-state index contributed by atoms with van der Waals surface area (Å²) in [7, 11) is 0. The van der Waals surface area contributed by atoms with Crippen molar-refractivity contribution < 1.29 is 41.5 Å². The highest BCUT2D eigenvalue weighted by Crippen LogP contribution is 2.46. The normalized spacial score (nSPS) is 18.4. The standard InChI is InChI=1S/C30H26F4N4O5/c1-17(30(32,33)34)37(15-18-2-7-22(31)8-3-18)25(39)16-38-26(40)29(43-28(38)42)13-12-21-14-20(6-11-24(21)29)19-4-9-23(10-5-19)36-27(35)41/h2-11,14,17H,12-13,15-16H2,1H3,(H3,35,36,41)/t17?,29-/m1/s1. The number of fused-ring (bicyclic) bond motifs is 2. The van der Waals surface area contributed by atoms with E-state index in [9.17, 15) is 36.7 Å². The summed E-state index contributed by atoms with van der Waals surface area (Å²) in [6.07, 6.45) is -5.46. The Balaban J connectivity index is 1.36. The third kappa shape index (κ3) is 5.74. The molecule has 1 spiro atoms. The van der Waals surface area contributed by atoms with Crippen molar-refractivity contribution >= 4 is 29.6 Å². The van der Waals surface area contributed by atoms with Crippen LogP contribution >= 0.6 is 0 Å². The van der Waals surface area contributed by atoms with E-state index in [0.717, 1.165) is 35.7 Å². The molecule has 2 aliphatic rings. The van der Waals surface area contributed by atoms with E-state index in [1.807, 2.05) is 6.07 Å². The number of alkyl halides is 3. The van der Waals surface area contributed by atoms with Crippen molar-refractivity contribution in [3.8, 4) is 11.1 Å². The number of nitrogens with zero attached hydrogens (tertiary/aromatic N) is 2. The van der Waals surface area contributed by atoms with Gasteiger partial charge in [-0.2, -0.15) is 13.2 Å². The average molecular weight is 599 g/mol. The smallest absolute Gasteiger partial charge is 0.418 e. The summed E-state index contributed by atoms with van der Waals surface area (Å²) in [4.78, 5) is 51.8. The zero-order valence-electron chi connectivity index (χ0n) is 22.8. The first-order valence-corrected chi connectivity index (χ1v) is 13.2. The number of hydrogen-bond acceptors (Lipinski definition) is 5. The van der Waals surface area contributed by atoms with E-state index in [0.29, 0.717) is 27.5 Å². The van der Waals surface area contributed by atoms with Crippen molar-refractivity contribution in [1.82, 2.24) is 9.80 Å². The molecule has 0 aromatic heterocycles. The number of urea groups is 1. The number of ether oxygens (including phenoxy) is 1. The van der Waals surface area contributed by atoms with Crippen molar-refractivity contribution in [2.75, 3.05) is 11.9 Å². The van der Waals surface area contributed by atoms with Crippen LogP contribution < -0.4 is 11.1 Å². The van der Waals surface area contributed by atoms with E-state index in [-0.39, 0.29) is 12.0 Å². The number of carbonyl (C=O) groups is 4. The van der Waals surface area contributed by atoms with Gasteiger partial charge in [0.25, 0.3) is 5.91 Å². The second-order valence-corrected chi connectivity index (χ2v) is 10.4. The van der Waals surface area contributed by atoms with Gasteiger partial charge in [0, 0.05) is 24.2 Å². The molecule has 9 nitrogen and oxygen atoms in total. The molecule has 1 aliphatic heterocycles. The average Bonchev–Trinajstić information content (AvgIpc) is 3.43. The molecule has 43 heavy (non-hydrogen) atoms. The number of benzene rings is 3. The molecule has 3 aromatic carbocycles. The number of halogens is 4. The lowest BCUT2D eigenvalue weighted by molar-refractivity contribution is -0.187. The fraction of sp³-hybridized carbons (Fsp3) is 0.267. The van der Waals surface area contributed by atoms with E-state index in [4.69, 9.17) is 10.5 Å². The van der Waals surface area contributed by atoms with Gasteiger partial charge in [-0.05, 0) is 59.9 Å². The largest absolute Gasteiger partial charge is 0.427 e. The van der Waals surface area contributed by atoms with Crippen molar-refractivity contribution in [2.45, 2.75) is 44.1 Å². The van der Waals surface area contributed by atoms with Crippen LogP contribution in [0.3, 0.4) is 0 Å². The maximum Gasteiger partial charge on any atom is 0.418 e. The van der Waals surface area contributed by atoms with Crippen molar-refractivity contribution in [3.05, 3.63) is 89.2 Å². The summed E-state index contributed by atoms with van der Waals surface area (Å²) >= 11 is 0. The van der Waals surface area contributed by atoms with Crippen LogP contribution in [0.5, 0.6) is 0 Å². The van der Waals surface area contributed by atoms with Gasteiger partial charge in [-0.3, -0.25) is 9.59 Å². The number of primary amides is 1. The molecule has 3 aromatic rings. The molecule has 3 N–H and O–H groups in total. The summed E-state index contributed by atoms with van der Waals surface area (Å²) in [5, 5.41) is 2.47. The Bertz CT molecular complexity index is 1590. The molecular formula is C30H26F4N4O5. The summed E-state index contributed by atoms with van der Waals surface area (Å²) in [6.45, 7) is -0.688. The summed E-state index contributed by atoms with van der Waals surface area (Å²) < 4.78 is 59.9. The number of anilines is 1. The second-order valence-electron chi connectivity index (χ2n) is 10.4. The minimum Gasteiger partial charge on any atom is -0.427 e. The predicted molar refractivity (Wildman–Crippen MR) is 146 cm³/mol. The highest BCUT2D eigenvalue weighted by Gasteiger charge is 2.58. The van der Waals surface area contributed by atoms with E-state index in [2.05, 4.69) is 5.32 Å². The SMILES string of the molecule is CC(N(Cc1ccc(F)cc1)C(=O)CN1C(=O)O[C@@]2(CCc3cc(-c4ccc(NC(N)=O)cc4)ccc32)C1=O)C(F)(F)F. The molecule has 0 saturated carbocycles. The molecular weight excluding hydrogens is 572 g/mol. The van der Waals surface area contributed by atoms with Gasteiger partial charge in [0.05, 0.1) is 0 Å². The Hall–Kier alpha value is -4.94. The van der Waals surface area contributed by atoms with Crippen LogP contribution in [0.15, 0.2) is 66.7 Å². The van der Waals surface area contributed by atoms with Gasteiger partial charge in [-0.25, -0.2) is 18.9 Å². The number of imide groups is 1. The van der Waals surface area contributed by atoms with Crippen molar-refractivity contribution in [1.29, 1.82) is 0 Å². The van der Waals surface area contributed by atoms with E-state index in [1.54, 1.807) is 36.4 Å². The Morgan fingerprint density at radius 2 is 1.70 bits per heavy atom. The van der Waals surface area contributed by atoms with E-state index >= 15 is 0 Å². The predicted octanol–water partition coefficient (Wildman–Crippen LogP) is 5.08. The molecule has 1 heterocycles. The second kappa shape index (κ2) is 11.0. The highest BCUT2D eigenvalue weighted by atomic mass is 19.4. The van der Waals surface area contributed by atoms with Gasteiger partial charge < -0.3 is 20.7 Å². The van der Waals surface area contributed by atoms with Crippen LogP contribution in [-0.2, 0) is 32.9 Å². The molecule has 1 saturated heterocycles. The molecule has 5 amide bonds. The lowest BCUT2D eigenvalue weighted by Crippen LogP contribution is -2.51. The quantitative estimate of drug-likeness (QED) is 0.368. The topological polar surface area (TPSA) is 122 Å². The van der Waals surface area contributed by atoms with Crippen LogP contribution in [-0.4, -0.2) is 52.5 Å². The van der Waals surface area contributed by atoms with E-state index in [1.165, 1.54) is 12.1 Å². The molecule has 1 unspecified atom stereocenters. The van der Waals surface area contributed by atoms with Crippen molar-refractivity contribution in [2.24, 2.45) is 5.73 Å². The molecule has 224 valence electrons. The zero-order chi connectivity index (χ0) is 31.1. The van der Waals surface area contributed by atoms with E-state index < -0.39 is 60.7 Å². The summed E-state index contributed by atoms with van der Waals surface area (Å²) in [5.41, 5.74) is 6.95. The van der Waals surface area contributed by atoms with Crippen LogP contribution in [0, 0.1) is 5.82 Å². The van der Waals surface area contributed by atoms with Crippen LogP contribution in [0.25, 0.3) is 11.1 Å². The maximum atomic E-state index is 13.7. The lowest BCUT2D eigenvalue weighted by Gasteiger charge is -2.31. The van der Waals surface area contributed by atoms with Gasteiger partial charge >= 0.3 is 18.3 Å². The Morgan fingerprint density at radius 3 is 2.33 bits per heavy atom. The summed E-state index contributed by atoms with van der Waals surface area (Å²) in [6, 6.07) is 13.8. The van der Waals surface area contributed by atoms with Crippen LogP contribution in [0.2, 0.25) is 0 Å². The third-order valence-electron chi connectivity index (χ3n) is 7.67. The maximum absolute atomic E-state index is 13.7. The number of nitrogens with one attached hydrogen (secondary N) is 1. The Morgan fingerprint density at radius 1 is 1.05 bits per heavy atom. The van der Waals surface area contributed by atoms with Crippen LogP contribution in [0.4, 0.5) is 32.8 Å². The minimum absolute atomic E-state index is 0.0980. The number of amides is 5. The Labute approximate surface area is 243 Å². The molecule has 0 bridgehead atoms. The fourth-order valence-corrected chi connectivity index (χ4v) is 5.35. The number of aryl methyl sites for hydroxylation is 1. The molecule has 2 atom stereocenters. The molecule has 1 aliphatic carbocycles. The fourth-order valence-electron chi connectivity index (χ4n) is 5.35. The highest BCUT2D eigenvalue weighted by molar-refractivity contribution is 6.06. The van der Waals surface area contributed by atoms with Gasteiger partial charge in [0.1, 0.15) is 18.4 Å². The van der Waals surface area contributed by atoms with Gasteiger partial charge in [-0.1, -0.05) is 42.5 Å². The van der Waals surface area contributed by atoms with Crippen molar-refractivity contribution in [3.63, 3.8) is 0 Å². The first kappa shape index (κ1) is 29.5. The number of carbonyl (C=O) groups excluding carboxylic acids is 4. The Kier molecular flexibility index (Phi) is 7.59. The molecule has 5 rings (SSSR count). The number of hydrogen-bond donors (Lipinski definition) is 2. The monoisotopic (exact) mass is 598 g/mol. The number of nitrogens with two attached hydrogens (primary N) is 1. The third-order valence-corrected chi connectivity index (χ3v) is 7.67. The van der Waals surface area contributed by atoms with Crippen LogP contribution in [0.1, 0.15) is 30.0 Å². The van der Waals surface area contributed by atoms with Gasteiger partial charge in [0.2, 0.25) is 11.5 Å². The number of rotatable bonds is 7. The van der Waals surface area contributed by atoms with Gasteiger partial charge in [-0.15, -0.1) is 0 Å². The summed E-state index contributed by atoms with van der Waals surface area (Å²) in [5.74, 6) is -2.56. The first-order valence-electron chi connectivity index (χ1n) is 13.2. The minimum atomic E-state index is -4.80. The zero-order valence-corrected chi connectivity index (χ0v) is 22.8. The first-order chi connectivity index (χ1) is 20.3. The molecule has 13 heteroatoms. The molecule has 0 radical (unpaired) electrons. The van der Waals surface area contributed by atoms with Gasteiger partial charge in [0.15, 0.2) is 0 Å². The molecule has 1 fully saturated rings. The lowest BCUT2D eigenvalue weighted by atomic mass is 9.93.